The lowest BCUT2D eigenvalue weighted by Gasteiger charge is -2.05. The monoisotopic (exact) mass is 129 g/mol. The topological polar surface area (TPSA) is 12.0 Å². The first-order valence-corrected chi connectivity index (χ1v) is 3.13. The molecule has 0 spiro atoms. The van der Waals surface area contributed by atoms with Crippen molar-refractivity contribution < 1.29 is 0 Å². The van der Waals surface area contributed by atoms with Crippen molar-refractivity contribution in [2.75, 3.05) is 5.88 Å². The third-order valence-electron chi connectivity index (χ3n) is 1.03. The zero-order valence-electron chi connectivity index (χ0n) is 4.52. The molecule has 0 aromatic rings. The number of halogens is 1. The van der Waals surface area contributed by atoms with E-state index in [1.807, 2.05) is 6.20 Å². The molecule has 0 radical (unpaired) electrons. The molecule has 0 atom stereocenters. The molecule has 0 aromatic carbocycles. The van der Waals surface area contributed by atoms with Crippen LogP contribution in [0.15, 0.2) is 24.0 Å². The number of rotatable bonds is 1. The second kappa shape index (κ2) is 2.78. The van der Waals surface area contributed by atoms with Gasteiger partial charge in [-0.2, -0.15) is 0 Å². The first kappa shape index (κ1) is 5.70. The summed E-state index contributed by atoms with van der Waals surface area (Å²) in [5.74, 6) is 0.588. The molecule has 0 bridgehead atoms. The van der Waals surface area contributed by atoms with Crippen LogP contribution in [0.3, 0.4) is 0 Å². The minimum Gasteiger partial charge on any atom is -0.365 e. The number of hydrogen-bond acceptors (Lipinski definition) is 1. The maximum absolute atomic E-state index is 5.52. The highest BCUT2D eigenvalue weighted by molar-refractivity contribution is 6.19. The number of alkyl halides is 1. The molecule has 44 valence electrons. The van der Waals surface area contributed by atoms with Crippen LogP contribution in [0.4, 0.5) is 0 Å². The van der Waals surface area contributed by atoms with Gasteiger partial charge < -0.3 is 5.32 Å². The Kier molecular flexibility index (Phi) is 1.98. The normalized spacial score (nSPS) is 17.4. The van der Waals surface area contributed by atoms with Crippen LogP contribution in [0, 0.1) is 0 Å². The minimum atomic E-state index is 0.588. The molecule has 0 aliphatic carbocycles. The maximum atomic E-state index is 5.52. The molecule has 0 fully saturated rings. The molecule has 0 unspecified atom stereocenters. The average molecular weight is 130 g/mol. The molecule has 0 saturated carbocycles. The molecule has 1 N–H and O–H groups in total. The van der Waals surface area contributed by atoms with Crippen LogP contribution >= 0.6 is 11.6 Å². The quantitative estimate of drug-likeness (QED) is 0.531. The summed E-state index contributed by atoms with van der Waals surface area (Å²) in [7, 11) is 0. The fourth-order valence-corrected chi connectivity index (χ4v) is 0.783. The molecule has 2 heteroatoms. The van der Waals surface area contributed by atoms with E-state index in [-0.39, 0.29) is 0 Å². The molecular formula is C6H8ClN. The summed E-state index contributed by atoms with van der Waals surface area (Å²) in [6, 6.07) is 0. The average Bonchev–Trinajstić information content (AvgIpc) is 1.90. The van der Waals surface area contributed by atoms with Crippen molar-refractivity contribution in [1.29, 1.82) is 0 Å². The Morgan fingerprint density at radius 3 is 3.00 bits per heavy atom. The van der Waals surface area contributed by atoms with Gasteiger partial charge in [0, 0.05) is 5.70 Å². The molecule has 8 heavy (non-hydrogen) atoms. The van der Waals surface area contributed by atoms with Crippen molar-refractivity contribution in [1.82, 2.24) is 5.32 Å². The van der Waals surface area contributed by atoms with Crippen LogP contribution in [0.25, 0.3) is 0 Å². The van der Waals surface area contributed by atoms with Crippen LogP contribution in [0.2, 0.25) is 0 Å². The van der Waals surface area contributed by atoms with E-state index in [1.54, 1.807) is 0 Å². The second-order valence-corrected chi connectivity index (χ2v) is 1.91. The Hall–Kier alpha value is -0.430. The molecule has 1 heterocycles. The van der Waals surface area contributed by atoms with E-state index in [1.165, 1.54) is 0 Å². The summed E-state index contributed by atoms with van der Waals surface area (Å²) in [5.41, 5.74) is 1.11. The van der Waals surface area contributed by atoms with Gasteiger partial charge in [-0.25, -0.2) is 0 Å². The third kappa shape index (κ3) is 1.27. The number of dihydropyridines is 1. The zero-order valence-corrected chi connectivity index (χ0v) is 5.28. The number of allylic oxidation sites excluding steroid dienone is 3. The lowest BCUT2D eigenvalue weighted by molar-refractivity contribution is 1.00. The van der Waals surface area contributed by atoms with E-state index >= 15 is 0 Å². The molecular weight excluding hydrogens is 122 g/mol. The minimum absolute atomic E-state index is 0.588. The van der Waals surface area contributed by atoms with Crippen LogP contribution < -0.4 is 5.32 Å². The van der Waals surface area contributed by atoms with Gasteiger partial charge in [-0.15, -0.1) is 11.6 Å². The molecule has 0 saturated heterocycles. The van der Waals surface area contributed by atoms with Gasteiger partial charge in [0.05, 0.1) is 5.88 Å². The first-order valence-electron chi connectivity index (χ1n) is 2.60. The Morgan fingerprint density at radius 2 is 2.62 bits per heavy atom. The van der Waals surface area contributed by atoms with E-state index in [0.29, 0.717) is 5.88 Å². The summed E-state index contributed by atoms with van der Waals surface area (Å²) >= 11 is 5.52. The van der Waals surface area contributed by atoms with Crippen molar-refractivity contribution in [3.63, 3.8) is 0 Å². The Bertz CT molecular complexity index is 126. The molecule has 1 aliphatic heterocycles. The van der Waals surface area contributed by atoms with E-state index in [0.717, 1.165) is 12.1 Å². The van der Waals surface area contributed by atoms with Crippen molar-refractivity contribution in [3.05, 3.63) is 24.0 Å². The molecule has 1 rings (SSSR count). The van der Waals surface area contributed by atoms with Gasteiger partial charge in [0.15, 0.2) is 0 Å². The highest BCUT2D eigenvalue weighted by Gasteiger charge is 1.91. The largest absolute Gasteiger partial charge is 0.365 e. The van der Waals surface area contributed by atoms with Gasteiger partial charge in [-0.1, -0.05) is 12.2 Å². The summed E-state index contributed by atoms with van der Waals surface area (Å²) in [4.78, 5) is 0. The number of hydrogen-bond donors (Lipinski definition) is 1. The Labute approximate surface area is 54.0 Å². The highest BCUT2D eigenvalue weighted by Crippen LogP contribution is 2.00. The van der Waals surface area contributed by atoms with Crippen LogP contribution in [-0.4, -0.2) is 5.88 Å². The fourth-order valence-electron chi connectivity index (χ4n) is 0.596. The lowest BCUT2D eigenvalue weighted by Crippen LogP contribution is -2.08. The van der Waals surface area contributed by atoms with Gasteiger partial charge in [-0.05, 0) is 12.6 Å². The van der Waals surface area contributed by atoms with E-state index in [2.05, 4.69) is 17.5 Å². The van der Waals surface area contributed by atoms with E-state index in [4.69, 9.17) is 11.6 Å². The zero-order chi connectivity index (χ0) is 5.82. The maximum Gasteiger partial charge on any atom is 0.0621 e. The lowest BCUT2D eigenvalue weighted by atomic mass is 10.3. The van der Waals surface area contributed by atoms with Crippen molar-refractivity contribution in [2.24, 2.45) is 0 Å². The molecule has 0 aromatic heterocycles. The van der Waals surface area contributed by atoms with Crippen molar-refractivity contribution in [2.45, 2.75) is 6.42 Å². The standard InChI is InChI=1S/C6H8ClN/c7-5-6-3-1-2-4-8-6/h2-4,8H,1,5H2. The van der Waals surface area contributed by atoms with Crippen molar-refractivity contribution >= 4 is 11.6 Å². The van der Waals surface area contributed by atoms with Crippen LogP contribution in [-0.2, 0) is 0 Å². The summed E-state index contributed by atoms with van der Waals surface area (Å²) in [6.07, 6.45) is 7.05. The predicted octanol–water partition coefficient (Wildman–Crippen LogP) is 1.62. The molecule has 1 nitrogen and oxygen atoms in total. The van der Waals surface area contributed by atoms with Crippen LogP contribution in [0.1, 0.15) is 6.42 Å². The Balaban J connectivity index is 2.43. The molecule has 1 aliphatic rings. The van der Waals surface area contributed by atoms with E-state index in [9.17, 15) is 0 Å². The van der Waals surface area contributed by atoms with Gasteiger partial charge in [0.2, 0.25) is 0 Å². The summed E-state index contributed by atoms with van der Waals surface area (Å²) in [6.45, 7) is 0. The predicted molar refractivity (Wildman–Crippen MR) is 35.7 cm³/mol. The third-order valence-corrected chi connectivity index (χ3v) is 1.32. The Morgan fingerprint density at radius 1 is 1.75 bits per heavy atom. The fraction of sp³-hybridized carbons (Fsp3) is 0.333. The second-order valence-electron chi connectivity index (χ2n) is 1.65. The molecule has 0 amide bonds. The summed E-state index contributed by atoms with van der Waals surface area (Å²) < 4.78 is 0. The number of nitrogens with one attached hydrogen (secondary N) is 1. The summed E-state index contributed by atoms with van der Waals surface area (Å²) in [5, 5.41) is 3.02. The van der Waals surface area contributed by atoms with Gasteiger partial charge in [0.1, 0.15) is 0 Å². The van der Waals surface area contributed by atoms with Gasteiger partial charge in [-0.3, -0.25) is 0 Å². The van der Waals surface area contributed by atoms with Crippen LogP contribution in [0.5, 0.6) is 0 Å². The first-order chi connectivity index (χ1) is 3.93. The van der Waals surface area contributed by atoms with E-state index < -0.39 is 0 Å². The van der Waals surface area contributed by atoms with Gasteiger partial charge >= 0.3 is 0 Å². The van der Waals surface area contributed by atoms with Gasteiger partial charge in [0.25, 0.3) is 0 Å². The van der Waals surface area contributed by atoms with Crippen molar-refractivity contribution in [3.8, 4) is 0 Å². The SMILES string of the molecule is ClCC1=CCC=CN1. The highest BCUT2D eigenvalue weighted by atomic mass is 35.5. The smallest absolute Gasteiger partial charge is 0.0621 e.